The van der Waals surface area contributed by atoms with Crippen molar-refractivity contribution >= 4 is 11.3 Å². The number of hydrogen-bond donors (Lipinski definition) is 2. The number of fused-ring (bicyclic) bond motifs is 1. The Hall–Kier alpha value is -1.54. The topological polar surface area (TPSA) is 24.1 Å². The van der Waals surface area contributed by atoms with Gasteiger partial charge in [-0.1, -0.05) is 45.9 Å². The van der Waals surface area contributed by atoms with Gasteiger partial charge in [0.2, 0.25) is 0 Å². The molecular weight excluding hydrogens is 256 g/mol. The molecule has 0 amide bonds. The van der Waals surface area contributed by atoms with E-state index >= 15 is 0 Å². The third-order valence-corrected chi connectivity index (χ3v) is 3.75. The summed E-state index contributed by atoms with van der Waals surface area (Å²) < 4.78 is 0. The van der Waals surface area contributed by atoms with Crippen LogP contribution in [0.25, 0.3) is 5.57 Å². The van der Waals surface area contributed by atoms with Crippen LogP contribution in [-0.2, 0) is 6.54 Å². The van der Waals surface area contributed by atoms with Crippen molar-refractivity contribution in [1.29, 1.82) is 0 Å². The second-order valence-electron chi connectivity index (χ2n) is 5.22. The SMILES string of the molecule is C=C1Nc2cc(CNC)ccc2C(C)=C1CCCC.CC. The van der Waals surface area contributed by atoms with E-state index < -0.39 is 0 Å². The Morgan fingerprint density at radius 2 is 1.95 bits per heavy atom. The Kier molecular flexibility index (Phi) is 7.24. The molecule has 1 aliphatic rings. The van der Waals surface area contributed by atoms with Crippen LogP contribution >= 0.6 is 0 Å². The molecule has 0 aliphatic carbocycles. The van der Waals surface area contributed by atoms with Crippen molar-refractivity contribution < 1.29 is 0 Å². The highest BCUT2D eigenvalue weighted by Gasteiger charge is 2.18. The maximum Gasteiger partial charge on any atom is 0.0463 e. The van der Waals surface area contributed by atoms with E-state index in [2.05, 4.69) is 49.3 Å². The first-order chi connectivity index (χ1) is 10.2. The van der Waals surface area contributed by atoms with E-state index in [-0.39, 0.29) is 0 Å². The Balaban J connectivity index is 0.00000106. The molecule has 0 saturated heterocycles. The van der Waals surface area contributed by atoms with Crippen molar-refractivity contribution in [1.82, 2.24) is 5.32 Å². The molecule has 0 atom stereocenters. The second kappa shape index (κ2) is 8.68. The quantitative estimate of drug-likeness (QED) is 0.764. The number of nitrogens with one attached hydrogen (secondary N) is 2. The molecule has 21 heavy (non-hydrogen) atoms. The largest absolute Gasteiger partial charge is 0.355 e. The molecule has 1 aromatic carbocycles. The van der Waals surface area contributed by atoms with Crippen LogP contribution in [0.4, 0.5) is 5.69 Å². The average molecular weight is 286 g/mol. The second-order valence-corrected chi connectivity index (χ2v) is 5.22. The van der Waals surface area contributed by atoms with Crippen LogP contribution in [-0.4, -0.2) is 7.05 Å². The lowest BCUT2D eigenvalue weighted by Gasteiger charge is -2.25. The zero-order valence-electron chi connectivity index (χ0n) is 14.3. The molecule has 0 bridgehead atoms. The van der Waals surface area contributed by atoms with Gasteiger partial charge in [-0.3, -0.25) is 0 Å². The van der Waals surface area contributed by atoms with E-state index in [1.807, 2.05) is 20.9 Å². The van der Waals surface area contributed by atoms with Gasteiger partial charge in [0.1, 0.15) is 0 Å². The van der Waals surface area contributed by atoms with E-state index in [4.69, 9.17) is 0 Å². The van der Waals surface area contributed by atoms with E-state index in [1.54, 1.807) is 0 Å². The molecular formula is C19H30N2. The molecule has 2 heteroatoms. The predicted molar refractivity (Wildman–Crippen MR) is 95.4 cm³/mol. The van der Waals surface area contributed by atoms with Crippen molar-refractivity contribution in [3.8, 4) is 0 Å². The minimum Gasteiger partial charge on any atom is -0.355 e. The normalized spacial score (nSPS) is 13.3. The monoisotopic (exact) mass is 286 g/mol. The molecule has 0 fully saturated rings. The van der Waals surface area contributed by atoms with Crippen LogP contribution in [0, 0.1) is 0 Å². The van der Waals surface area contributed by atoms with Crippen molar-refractivity contribution in [3.05, 3.63) is 47.2 Å². The van der Waals surface area contributed by atoms with E-state index in [0.717, 1.165) is 18.7 Å². The van der Waals surface area contributed by atoms with Gasteiger partial charge in [-0.15, -0.1) is 0 Å². The maximum absolute atomic E-state index is 4.19. The lowest BCUT2D eigenvalue weighted by molar-refractivity contribution is 0.791. The van der Waals surface area contributed by atoms with Gasteiger partial charge in [0.15, 0.2) is 0 Å². The van der Waals surface area contributed by atoms with Crippen LogP contribution in [0.5, 0.6) is 0 Å². The predicted octanol–water partition coefficient (Wildman–Crippen LogP) is 5.34. The third kappa shape index (κ3) is 4.21. The van der Waals surface area contributed by atoms with Crippen molar-refractivity contribution in [2.75, 3.05) is 12.4 Å². The van der Waals surface area contributed by atoms with E-state index in [1.165, 1.54) is 40.8 Å². The van der Waals surface area contributed by atoms with Crippen molar-refractivity contribution in [2.24, 2.45) is 0 Å². The Bertz CT molecular complexity index is 512. The highest BCUT2D eigenvalue weighted by Crippen LogP contribution is 2.37. The van der Waals surface area contributed by atoms with Gasteiger partial charge in [0.25, 0.3) is 0 Å². The van der Waals surface area contributed by atoms with Crippen LogP contribution < -0.4 is 10.6 Å². The summed E-state index contributed by atoms with van der Waals surface area (Å²) in [6, 6.07) is 6.64. The fourth-order valence-electron chi connectivity index (χ4n) is 2.65. The summed E-state index contributed by atoms with van der Waals surface area (Å²) in [6.45, 7) is 13.5. The number of benzene rings is 1. The summed E-state index contributed by atoms with van der Waals surface area (Å²) in [4.78, 5) is 0. The number of anilines is 1. The first kappa shape index (κ1) is 17.5. The number of unbranched alkanes of at least 4 members (excludes halogenated alkanes) is 1. The maximum atomic E-state index is 4.19. The first-order valence-electron chi connectivity index (χ1n) is 8.11. The van der Waals surface area contributed by atoms with Gasteiger partial charge in [0.05, 0.1) is 0 Å². The highest BCUT2D eigenvalue weighted by molar-refractivity contribution is 5.85. The molecule has 0 radical (unpaired) electrons. The molecule has 0 aromatic heterocycles. The molecule has 2 rings (SSSR count). The molecule has 1 aromatic rings. The number of rotatable bonds is 5. The average Bonchev–Trinajstić information content (AvgIpc) is 2.49. The van der Waals surface area contributed by atoms with Crippen LogP contribution in [0.15, 0.2) is 36.0 Å². The summed E-state index contributed by atoms with van der Waals surface area (Å²) >= 11 is 0. The minimum atomic E-state index is 0.896. The Morgan fingerprint density at radius 3 is 2.57 bits per heavy atom. The van der Waals surface area contributed by atoms with Gasteiger partial charge in [-0.25, -0.2) is 0 Å². The Morgan fingerprint density at radius 1 is 1.24 bits per heavy atom. The minimum absolute atomic E-state index is 0.896. The molecule has 0 unspecified atom stereocenters. The fourth-order valence-corrected chi connectivity index (χ4v) is 2.65. The smallest absolute Gasteiger partial charge is 0.0463 e. The summed E-state index contributed by atoms with van der Waals surface area (Å²) in [5.74, 6) is 0. The zero-order chi connectivity index (χ0) is 15.8. The standard InChI is InChI=1S/C17H24N2.C2H6/c1-5-6-7-15-12(2)16-9-8-14(11-18-4)10-17(16)19-13(15)3;1-2/h8-10,18-19H,3,5-7,11H2,1-2,4H3;1-2H3. The Labute approximate surface area is 130 Å². The van der Waals surface area contributed by atoms with Crippen LogP contribution in [0.2, 0.25) is 0 Å². The van der Waals surface area contributed by atoms with Gasteiger partial charge in [0, 0.05) is 23.5 Å². The van der Waals surface area contributed by atoms with E-state index in [0.29, 0.717) is 0 Å². The van der Waals surface area contributed by atoms with Gasteiger partial charge >= 0.3 is 0 Å². The molecule has 1 aliphatic heterocycles. The molecule has 1 heterocycles. The summed E-state index contributed by atoms with van der Waals surface area (Å²) in [7, 11) is 1.97. The molecule has 2 N–H and O–H groups in total. The number of hydrogen-bond acceptors (Lipinski definition) is 2. The molecule has 0 saturated carbocycles. The molecule has 116 valence electrons. The van der Waals surface area contributed by atoms with Crippen molar-refractivity contribution in [3.63, 3.8) is 0 Å². The molecule has 2 nitrogen and oxygen atoms in total. The van der Waals surface area contributed by atoms with Crippen molar-refractivity contribution in [2.45, 2.75) is 53.5 Å². The van der Waals surface area contributed by atoms with Gasteiger partial charge in [-0.2, -0.15) is 0 Å². The van der Waals surface area contributed by atoms with Gasteiger partial charge < -0.3 is 10.6 Å². The lowest BCUT2D eigenvalue weighted by Crippen LogP contribution is -2.12. The lowest BCUT2D eigenvalue weighted by atomic mass is 9.90. The first-order valence-corrected chi connectivity index (χ1v) is 8.11. The molecule has 0 spiro atoms. The summed E-state index contributed by atoms with van der Waals surface area (Å²) in [5, 5.41) is 6.66. The van der Waals surface area contributed by atoms with Crippen LogP contribution in [0.1, 0.15) is 58.1 Å². The summed E-state index contributed by atoms with van der Waals surface area (Å²) in [6.07, 6.45) is 3.56. The van der Waals surface area contributed by atoms with Gasteiger partial charge in [-0.05, 0) is 49.6 Å². The third-order valence-electron chi connectivity index (χ3n) is 3.75. The fraction of sp³-hybridized carbons (Fsp3) is 0.474. The zero-order valence-corrected chi connectivity index (χ0v) is 14.3. The van der Waals surface area contributed by atoms with E-state index in [9.17, 15) is 0 Å². The van der Waals surface area contributed by atoms with Crippen LogP contribution in [0.3, 0.4) is 0 Å². The number of allylic oxidation sites excluding steroid dienone is 2. The summed E-state index contributed by atoms with van der Waals surface area (Å²) in [5.41, 5.74) is 7.64. The highest BCUT2D eigenvalue weighted by atomic mass is 14.9.